The molecule has 0 aliphatic rings. The van der Waals surface area contributed by atoms with Crippen LogP contribution in [0.5, 0.6) is 0 Å². The van der Waals surface area contributed by atoms with Crippen molar-refractivity contribution >= 4 is 65.0 Å². The van der Waals surface area contributed by atoms with Crippen molar-refractivity contribution in [1.82, 2.24) is 0 Å². The average Bonchev–Trinajstić information content (AvgIpc) is 3.61. The number of hydrogen-bond donors (Lipinski definition) is 0. The lowest BCUT2D eigenvalue weighted by molar-refractivity contribution is 0.662. The normalized spacial score (nSPS) is 12.4. The Hall–Kier alpha value is -6.96. The summed E-state index contributed by atoms with van der Waals surface area (Å²) in [5, 5.41) is 12.2. The maximum absolute atomic E-state index is 6.90. The molecule has 1 heterocycles. The molecule has 0 aliphatic carbocycles. The zero-order valence-electron chi connectivity index (χ0n) is 29.5. The van der Waals surface area contributed by atoms with Gasteiger partial charge in [0.2, 0.25) is 0 Å². The van der Waals surface area contributed by atoms with E-state index in [-0.39, 0.29) is 5.92 Å². The fourth-order valence-corrected chi connectivity index (χ4v) is 8.84. The SMILES string of the molecule is c1ccc(-c2ccc(C(c3ccc(-c4cc5ccccc5c5ccccc45)c4ccccc34)c3cccc4c3oc3cc5ccccc5cc34)cc2)cc1. The summed E-state index contributed by atoms with van der Waals surface area (Å²) in [6, 6.07) is 73.0. The van der Waals surface area contributed by atoms with Crippen molar-refractivity contribution in [3.63, 3.8) is 0 Å². The van der Waals surface area contributed by atoms with E-state index in [1.54, 1.807) is 0 Å². The first-order chi connectivity index (χ1) is 26.8. The highest BCUT2D eigenvalue weighted by molar-refractivity contribution is 6.17. The summed E-state index contributed by atoms with van der Waals surface area (Å²) in [4.78, 5) is 0. The van der Waals surface area contributed by atoms with E-state index in [4.69, 9.17) is 4.42 Å². The van der Waals surface area contributed by atoms with E-state index in [1.807, 2.05) is 0 Å². The molecule has 0 amide bonds. The summed E-state index contributed by atoms with van der Waals surface area (Å²) in [5.41, 5.74) is 10.4. The zero-order valence-corrected chi connectivity index (χ0v) is 29.5. The van der Waals surface area contributed by atoms with Crippen molar-refractivity contribution in [3.8, 4) is 22.3 Å². The van der Waals surface area contributed by atoms with Gasteiger partial charge >= 0.3 is 0 Å². The molecule has 0 N–H and O–H groups in total. The first kappa shape index (κ1) is 30.6. The molecule has 0 bridgehead atoms. The highest BCUT2D eigenvalue weighted by Crippen LogP contribution is 2.45. The van der Waals surface area contributed by atoms with Crippen LogP contribution in [0.4, 0.5) is 0 Å². The molecular formula is C53H34O. The monoisotopic (exact) mass is 686 g/mol. The second-order valence-corrected chi connectivity index (χ2v) is 14.4. The number of hydrogen-bond acceptors (Lipinski definition) is 1. The second-order valence-electron chi connectivity index (χ2n) is 14.4. The highest BCUT2D eigenvalue weighted by Gasteiger charge is 2.25. The quantitative estimate of drug-likeness (QED) is 0.130. The zero-order chi connectivity index (χ0) is 35.6. The topological polar surface area (TPSA) is 13.1 Å². The number of para-hydroxylation sites is 1. The summed E-state index contributed by atoms with van der Waals surface area (Å²) in [5.74, 6) is -0.0826. The van der Waals surface area contributed by atoms with Crippen LogP contribution in [0.3, 0.4) is 0 Å². The number of rotatable bonds is 5. The minimum absolute atomic E-state index is 0.0826. The fourth-order valence-electron chi connectivity index (χ4n) is 8.84. The van der Waals surface area contributed by atoms with Gasteiger partial charge in [0.05, 0.1) is 0 Å². The molecule has 252 valence electrons. The molecule has 11 aromatic rings. The van der Waals surface area contributed by atoms with Crippen LogP contribution in [0.1, 0.15) is 22.6 Å². The molecule has 1 aromatic heterocycles. The molecule has 1 nitrogen and oxygen atoms in total. The van der Waals surface area contributed by atoms with Crippen molar-refractivity contribution in [3.05, 3.63) is 217 Å². The fraction of sp³-hybridized carbons (Fsp3) is 0.0189. The summed E-state index contributed by atoms with van der Waals surface area (Å²) >= 11 is 0. The van der Waals surface area contributed by atoms with Crippen LogP contribution in [-0.2, 0) is 0 Å². The van der Waals surface area contributed by atoms with E-state index in [0.29, 0.717) is 0 Å². The summed E-state index contributed by atoms with van der Waals surface area (Å²) in [6.07, 6.45) is 0. The van der Waals surface area contributed by atoms with Gasteiger partial charge in [0, 0.05) is 22.3 Å². The third-order valence-corrected chi connectivity index (χ3v) is 11.4. The second kappa shape index (κ2) is 12.3. The van der Waals surface area contributed by atoms with E-state index < -0.39 is 0 Å². The molecule has 1 unspecified atom stereocenters. The molecule has 0 aliphatic heterocycles. The Morgan fingerprint density at radius 1 is 0.315 bits per heavy atom. The van der Waals surface area contributed by atoms with Crippen LogP contribution in [0.15, 0.2) is 205 Å². The maximum Gasteiger partial charge on any atom is 0.139 e. The molecule has 0 saturated carbocycles. The van der Waals surface area contributed by atoms with E-state index in [0.717, 1.165) is 27.5 Å². The average molecular weight is 687 g/mol. The van der Waals surface area contributed by atoms with Gasteiger partial charge in [-0.05, 0) is 94.7 Å². The molecule has 0 spiro atoms. The largest absolute Gasteiger partial charge is 0.456 e. The van der Waals surface area contributed by atoms with Gasteiger partial charge in [0.15, 0.2) is 0 Å². The van der Waals surface area contributed by atoms with Gasteiger partial charge in [0.25, 0.3) is 0 Å². The molecule has 10 aromatic carbocycles. The van der Waals surface area contributed by atoms with Crippen molar-refractivity contribution in [2.24, 2.45) is 0 Å². The molecule has 0 fully saturated rings. The Kier molecular flexibility index (Phi) is 7.00. The maximum atomic E-state index is 6.90. The minimum atomic E-state index is -0.0826. The molecular weight excluding hydrogens is 653 g/mol. The lowest BCUT2D eigenvalue weighted by Crippen LogP contribution is -2.05. The molecule has 11 rings (SSSR count). The minimum Gasteiger partial charge on any atom is -0.456 e. The summed E-state index contributed by atoms with van der Waals surface area (Å²) in [7, 11) is 0. The van der Waals surface area contributed by atoms with Crippen LogP contribution in [0, 0.1) is 0 Å². The van der Waals surface area contributed by atoms with Gasteiger partial charge in [-0.1, -0.05) is 182 Å². The molecule has 1 heteroatoms. The Morgan fingerprint density at radius 2 is 0.907 bits per heavy atom. The third kappa shape index (κ3) is 4.86. The van der Waals surface area contributed by atoms with E-state index in [2.05, 4.69) is 200 Å². The first-order valence-electron chi connectivity index (χ1n) is 18.7. The Labute approximate surface area is 313 Å². The number of fused-ring (bicyclic) bond motifs is 8. The van der Waals surface area contributed by atoms with Crippen LogP contribution < -0.4 is 0 Å². The van der Waals surface area contributed by atoms with Gasteiger partial charge in [-0.2, -0.15) is 0 Å². The first-order valence-corrected chi connectivity index (χ1v) is 18.7. The van der Waals surface area contributed by atoms with Crippen LogP contribution in [0.2, 0.25) is 0 Å². The predicted octanol–water partition coefficient (Wildman–Crippen LogP) is 14.7. The van der Waals surface area contributed by atoms with Gasteiger partial charge in [-0.15, -0.1) is 0 Å². The van der Waals surface area contributed by atoms with Gasteiger partial charge < -0.3 is 4.42 Å². The molecule has 0 saturated heterocycles. The smallest absolute Gasteiger partial charge is 0.139 e. The lowest BCUT2D eigenvalue weighted by Gasteiger charge is -2.23. The van der Waals surface area contributed by atoms with E-state index in [9.17, 15) is 0 Å². The molecule has 54 heavy (non-hydrogen) atoms. The van der Waals surface area contributed by atoms with Crippen molar-refractivity contribution < 1.29 is 4.42 Å². The Morgan fingerprint density at radius 3 is 1.69 bits per heavy atom. The van der Waals surface area contributed by atoms with E-state index in [1.165, 1.54) is 76.5 Å². The van der Waals surface area contributed by atoms with Crippen LogP contribution >= 0.6 is 0 Å². The van der Waals surface area contributed by atoms with Crippen LogP contribution in [0.25, 0.3) is 87.3 Å². The lowest BCUT2D eigenvalue weighted by atomic mass is 9.80. The van der Waals surface area contributed by atoms with Crippen molar-refractivity contribution in [2.45, 2.75) is 5.92 Å². The van der Waals surface area contributed by atoms with E-state index >= 15 is 0 Å². The van der Waals surface area contributed by atoms with Crippen molar-refractivity contribution in [1.29, 1.82) is 0 Å². The third-order valence-electron chi connectivity index (χ3n) is 11.4. The van der Waals surface area contributed by atoms with Gasteiger partial charge in [-0.3, -0.25) is 0 Å². The molecule has 1 atom stereocenters. The van der Waals surface area contributed by atoms with Gasteiger partial charge in [0.1, 0.15) is 11.2 Å². The highest BCUT2D eigenvalue weighted by atomic mass is 16.3. The van der Waals surface area contributed by atoms with Crippen LogP contribution in [-0.4, -0.2) is 0 Å². The predicted molar refractivity (Wildman–Crippen MR) is 228 cm³/mol. The standard InChI is InChI=1S/C53H34O/c1-2-13-34(14-3-1)35-25-27-36(28-26-35)52(48-24-12-23-47-50-31-37-15-4-5-16-38(37)33-51(50)54-53(47)48)46-30-29-45(42-20-9-10-21-43(42)46)49-32-39-17-6-7-18-40(39)41-19-8-11-22-44(41)49/h1-33,52H. The Balaban J connectivity index is 1.17. The molecule has 0 radical (unpaired) electrons. The summed E-state index contributed by atoms with van der Waals surface area (Å²) < 4.78 is 6.90. The van der Waals surface area contributed by atoms with Crippen molar-refractivity contribution in [2.75, 3.05) is 0 Å². The van der Waals surface area contributed by atoms with Gasteiger partial charge in [-0.25, -0.2) is 0 Å². The Bertz CT molecular complexity index is 3200. The summed E-state index contributed by atoms with van der Waals surface area (Å²) in [6.45, 7) is 0. The number of benzene rings is 10. The number of furan rings is 1.